The maximum atomic E-state index is 12.4. The van der Waals surface area contributed by atoms with Gasteiger partial charge < -0.3 is 10.2 Å². The molecule has 2 aromatic heterocycles. The highest BCUT2D eigenvalue weighted by Crippen LogP contribution is 2.07. The van der Waals surface area contributed by atoms with E-state index in [0.717, 1.165) is 15.7 Å². The van der Waals surface area contributed by atoms with Crippen LogP contribution in [0.2, 0.25) is 0 Å². The number of rotatable bonds is 7. The number of aromatic nitrogens is 3. The number of nitrogens with one attached hydrogen (secondary N) is 1. The lowest BCUT2D eigenvalue weighted by Crippen LogP contribution is -2.42. The Bertz CT molecular complexity index is 1020. The third kappa shape index (κ3) is 5.63. The number of hydrogen-bond acceptors (Lipinski definition) is 5. The minimum atomic E-state index is -0.541. The maximum absolute atomic E-state index is 12.4. The van der Waals surface area contributed by atoms with Gasteiger partial charge in [0.15, 0.2) is 0 Å². The highest BCUT2D eigenvalue weighted by Gasteiger charge is 2.16. The molecule has 1 N–H and O–H groups in total. The zero-order chi connectivity index (χ0) is 21.7. The van der Waals surface area contributed by atoms with Crippen molar-refractivity contribution in [2.24, 2.45) is 13.0 Å². The van der Waals surface area contributed by atoms with Crippen molar-refractivity contribution >= 4 is 11.8 Å². The van der Waals surface area contributed by atoms with E-state index < -0.39 is 11.2 Å². The monoisotopic (exact) mass is 401 g/mol. The summed E-state index contributed by atoms with van der Waals surface area (Å²) >= 11 is 0. The maximum Gasteiger partial charge on any atom is 0.331 e. The molecule has 0 saturated heterocycles. The summed E-state index contributed by atoms with van der Waals surface area (Å²) in [7, 11) is 3.00. The molecule has 0 spiro atoms. The Labute approximate surface area is 169 Å². The highest BCUT2D eigenvalue weighted by molar-refractivity contribution is 5.92. The first kappa shape index (κ1) is 22.1. The smallest absolute Gasteiger partial charge is 0.331 e. The lowest BCUT2D eigenvalue weighted by Gasteiger charge is -2.22. The summed E-state index contributed by atoms with van der Waals surface area (Å²) in [5, 5.41) is 2.83. The zero-order valence-corrected chi connectivity index (χ0v) is 17.4. The Morgan fingerprint density at radius 1 is 1.24 bits per heavy atom. The topological polar surface area (TPSA) is 106 Å². The van der Waals surface area contributed by atoms with Gasteiger partial charge in [-0.2, -0.15) is 0 Å². The Morgan fingerprint density at radius 3 is 2.59 bits per heavy atom. The molecule has 0 fully saturated rings. The van der Waals surface area contributed by atoms with Gasteiger partial charge in [0, 0.05) is 45.6 Å². The van der Waals surface area contributed by atoms with E-state index in [1.807, 2.05) is 20.8 Å². The van der Waals surface area contributed by atoms with Crippen molar-refractivity contribution in [2.45, 2.75) is 27.3 Å². The number of aryl methyl sites for hydroxylation is 2. The average Bonchev–Trinajstić information content (AvgIpc) is 2.68. The van der Waals surface area contributed by atoms with E-state index in [1.54, 1.807) is 19.3 Å². The molecule has 9 heteroatoms. The van der Waals surface area contributed by atoms with Gasteiger partial charge in [0.05, 0.1) is 0 Å². The minimum Gasteiger partial charge on any atom is -0.350 e. The number of carbonyl (C=O) groups excluding carboxylic acids is 2. The van der Waals surface area contributed by atoms with Crippen LogP contribution in [0.4, 0.5) is 0 Å². The second-order valence-corrected chi connectivity index (χ2v) is 7.37. The Morgan fingerprint density at radius 2 is 1.93 bits per heavy atom. The van der Waals surface area contributed by atoms with Gasteiger partial charge in [0.25, 0.3) is 11.5 Å². The van der Waals surface area contributed by atoms with Crippen molar-refractivity contribution in [3.05, 3.63) is 62.2 Å². The number of carbonyl (C=O) groups is 2. The fourth-order valence-electron chi connectivity index (χ4n) is 2.74. The van der Waals surface area contributed by atoms with E-state index in [1.165, 1.54) is 28.8 Å². The molecule has 0 radical (unpaired) electrons. The number of pyridine rings is 1. The van der Waals surface area contributed by atoms with Crippen molar-refractivity contribution < 1.29 is 9.59 Å². The highest BCUT2D eigenvalue weighted by atomic mass is 16.2. The predicted molar refractivity (Wildman–Crippen MR) is 109 cm³/mol. The van der Waals surface area contributed by atoms with E-state index >= 15 is 0 Å². The molecule has 2 rings (SSSR count). The lowest BCUT2D eigenvalue weighted by atomic mass is 10.1. The van der Waals surface area contributed by atoms with Crippen LogP contribution in [-0.4, -0.2) is 51.0 Å². The van der Waals surface area contributed by atoms with E-state index in [2.05, 4.69) is 10.3 Å². The van der Waals surface area contributed by atoms with Crippen LogP contribution in [-0.2, 0) is 18.4 Å². The van der Waals surface area contributed by atoms with Crippen molar-refractivity contribution in [2.75, 3.05) is 20.1 Å². The first-order chi connectivity index (χ1) is 13.6. The molecule has 0 aliphatic heterocycles. The molecule has 9 nitrogen and oxygen atoms in total. The summed E-state index contributed by atoms with van der Waals surface area (Å²) in [5.74, 6) is -0.526. The number of hydrogen-bond donors (Lipinski definition) is 1. The zero-order valence-electron chi connectivity index (χ0n) is 17.4. The van der Waals surface area contributed by atoms with Gasteiger partial charge in [0.1, 0.15) is 12.2 Å². The molecule has 1 atom stereocenters. The third-order valence-electron chi connectivity index (χ3n) is 4.79. The van der Waals surface area contributed by atoms with Crippen LogP contribution in [0.1, 0.15) is 28.5 Å². The molecule has 0 bridgehead atoms. The molecule has 156 valence electrons. The standard InChI is InChI=1S/C20H27N5O4/c1-13(9-22-19(28)16-8-14(2)15(3)10-21-16)11-23(4)18(27)12-25-7-6-17(26)24(5)20(25)29/h6-8,10,13H,9,11-12H2,1-5H3,(H,22,28). The van der Waals surface area contributed by atoms with E-state index in [4.69, 9.17) is 0 Å². The van der Waals surface area contributed by atoms with Gasteiger partial charge in [-0.1, -0.05) is 6.92 Å². The number of amides is 2. The largest absolute Gasteiger partial charge is 0.350 e. The minimum absolute atomic E-state index is 0.00343. The Balaban J connectivity index is 1.88. The van der Waals surface area contributed by atoms with Gasteiger partial charge in [-0.3, -0.25) is 28.5 Å². The van der Waals surface area contributed by atoms with Crippen LogP contribution in [0.3, 0.4) is 0 Å². The first-order valence-corrected chi connectivity index (χ1v) is 9.32. The molecule has 0 aliphatic carbocycles. The van der Waals surface area contributed by atoms with E-state index in [-0.39, 0.29) is 24.3 Å². The SMILES string of the molecule is Cc1cnc(C(=O)NCC(C)CN(C)C(=O)Cn2ccc(=O)n(C)c2=O)cc1C. The third-order valence-corrected chi connectivity index (χ3v) is 4.79. The second kappa shape index (κ2) is 9.31. The average molecular weight is 401 g/mol. The van der Waals surface area contributed by atoms with Crippen LogP contribution in [0.25, 0.3) is 0 Å². The Kier molecular flexibility index (Phi) is 7.08. The van der Waals surface area contributed by atoms with E-state index in [0.29, 0.717) is 18.8 Å². The molecule has 2 heterocycles. The summed E-state index contributed by atoms with van der Waals surface area (Å²) < 4.78 is 2.14. The Hall–Kier alpha value is -3.23. The fraction of sp³-hybridized carbons (Fsp3) is 0.450. The molecule has 2 amide bonds. The van der Waals surface area contributed by atoms with Gasteiger partial charge in [0.2, 0.25) is 5.91 Å². The summed E-state index contributed by atoms with van der Waals surface area (Å²) in [6.07, 6.45) is 2.98. The number of likely N-dealkylation sites (N-methyl/N-ethyl adjacent to an activating group) is 1. The van der Waals surface area contributed by atoms with Gasteiger partial charge >= 0.3 is 5.69 Å². The van der Waals surface area contributed by atoms with Crippen molar-refractivity contribution in [3.8, 4) is 0 Å². The van der Waals surface area contributed by atoms with E-state index in [9.17, 15) is 19.2 Å². The summed E-state index contributed by atoms with van der Waals surface area (Å²) in [4.78, 5) is 53.8. The first-order valence-electron chi connectivity index (χ1n) is 9.32. The molecule has 0 aromatic carbocycles. The van der Waals surface area contributed by atoms with Crippen LogP contribution in [0, 0.1) is 19.8 Å². The molecular weight excluding hydrogens is 374 g/mol. The molecular formula is C20H27N5O4. The molecule has 0 saturated carbocycles. The molecule has 2 aromatic rings. The second-order valence-electron chi connectivity index (χ2n) is 7.37. The molecule has 0 aliphatic rings. The van der Waals surface area contributed by atoms with Crippen LogP contribution in [0.15, 0.2) is 34.1 Å². The predicted octanol–water partition coefficient (Wildman–Crippen LogP) is 0.0833. The van der Waals surface area contributed by atoms with Crippen molar-refractivity contribution in [1.29, 1.82) is 0 Å². The van der Waals surface area contributed by atoms with Crippen molar-refractivity contribution in [3.63, 3.8) is 0 Å². The normalized spacial score (nSPS) is 11.8. The van der Waals surface area contributed by atoms with Crippen LogP contribution < -0.4 is 16.6 Å². The van der Waals surface area contributed by atoms with Gasteiger partial charge in [-0.15, -0.1) is 0 Å². The van der Waals surface area contributed by atoms with Gasteiger partial charge in [-0.25, -0.2) is 4.79 Å². The van der Waals surface area contributed by atoms with Crippen LogP contribution >= 0.6 is 0 Å². The summed E-state index contributed by atoms with van der Waals surface area (Å²) in [6, 6.07) is 2.99. The van der Waals surface area contributed by atoms with Gasteiger partial charge in [-0.05, 0) is 37.0 Å². The molecule has 29 heavy (non-hydrogen) atoms. The summed E-state index contributed by atoms with van der Waals surface area (Å²) in [5.41, 5.74) is 1.42. The lowest BCUT2D eigenvalue weighted by molar-refractivity contribution is -0.131. The molecule has 1 unspecified atom stereocenters. The quantitative estimate of drug-likeness (QED) is 0.707. The van der Waals surface area contributed by atoms with Crippen LogP contribution in [0.5, 0.6) is 0 Å². The van der Waals surface area contributed by atoms with Crippen molar-refractivity contribution in [1.82, 2.24) is 24.3 Å². The summed E-state index contributed by atoms with van der Waals surface area (Å²) in [6.45, 7) is 6.39. The fourth-order valence-corrected chi connectivity index (χ4v) is 2.74. The number of nitrogens with zero attached hydrogens (tertiary/aromatic N) is 4.